The Hall–Kier alpha value is -2.67. The summed E-state index contributed by atoms with van der Waals surface area (Å²) >= 11 is 6.05. The van der Waals surface area contributed by atoms with E-state index in [0.29, 0.717) is 17.9 Å². The lowest BCUT2D eigenvalue weighted by Gasteiger charge is -2.23. The number of ether oxygens (including phenoxy) is 1. The second-order valence-electron chi connectivity index (χ2n) is 7.27. The van der Waals surface area contributed by atoms with Gasteiger partial charge >= 0.3 is 5.97 Å². The second kappa shape index (κ2) is 8.78. The molecule has 0 bridgehead atoms. The summed E-state index contributed by atoms with van der Waals surface area (Å²) in [6.07, 6.45) is 3.67. The predicted molar refractivity (Wildman–Crippen MR) is 106 cm³/mol. The van der Waals surface area contributed by atoms with E-state index in [1.54, 1.807) is 24.3 Å². The van der Waals surface area contributed by atoms with Gasteiger partial charge in [-0.25, -0.2) is 4.79 Å². The van der Waals surface area contributed by atoms with Gasteiger partial charge in [-0.1, -0.05) is 42.0 Å². The maximum absolute atomic E-state index is 12.6. The summed E-state index contributed by atoms with van der Waals surface area (Å²) in [6, 6.07) is 5.99. The standard InChI is InChI=1S/C21H23ClN2O5/c1-12(24-19(26)15-8-4-5-9-16(15)20(24)27)21(28)29-13(2)18(25)23-11-14-7-3-6-10-17(14)22/h3-7,10,12-13,15-16H,8-9,11H2,1-2H3,(H,23,25)/t12-,13-,15-,16-/m0/s1. The van der Waals surface area contributed by atoms with Gasteiger partial charge in [0.05, 0.1) is 11.8 Å². The van der Waals surface area contributed by atoms with Crippen LogP contribution in [0.5, 0.6) is 0 Å². The van der Waals surface area contributed by atoms with Crippen molar-refractivity contribution in [1.29, 1.82) is 0 Å². The fraction of sp³-hybridized carbons (Fsp3) is 0.429. The van der Waals surface area contributed by atoms with Gasteiger partial charge in [0, 0.05) is 11.6 Å². The molecule has 3 amide bonds. The molecule has 4 atom stereocenters. The first-order chi connectivity index (χ1) is 13.8. The molecule has 1 aromatic rings. The van der Waals surface area contributed by atoms with E-state index in [-0.39, 0.29) is 18.4 Å². The number of rotatable bonds is 6. The van der Waals surface area contributed by atoms with E-state index in [2.05, 4.69) is 5.32 Å². The van der Waals surface area contributed by atoms with Crippen LogP contribution in [-0.2, 0) is 30.5 Å². The van der Waals surface area contributed by atoms with Crippen LogP contribution in [0.3, 0.4) is 0 Å². The predicted octanol–water partition coefficient (Wildman–Crippen LogP) is 2.23. The molecule has 0 spiro atoms. The van der Waals surface area contributed by atoms with Crippen LogP contribution in [0.25, 0.3) is 0 Å². The van der Waals surface area contributed by atoms with E-state index in [4.69, 9.17) is 16.3 Å². The van der Waals surface area contributed by atoms with Gasteiger partial charge < -0.3 is 10.1 Å². The Morgan fingerprint density at radius 1 is 1.14 bits per heavy atom. The zero-order chi connectivity index (χ0) is 21.1. The van der Waals surface area contributed by atoms with Crippen molar-refractivity contribution < 1.29 is 23.9 Å². The molecule has 8 heteroatoms. The molecule has 0 radical (unpaired) electrons. The quantitative estimate of drug-likeness (QED) is 0.434. The minimum absolute atomic E-state index is 0.190. The Balaban J connectivity index is 1.56. The van der Waals surface area contributed by atoms with E-state index < -0.39 is 35.9 Å². The number of carbonyl (C=O) groups excluding carboxylic acids is 4. The Kier molecular flexibility index (Phi) is 6.37. The molecule has 3 rings (SSSR count). The maximum Gasteiger partial charge on any atom is 0.329 e. The number of hydrogen-bond donors (Lipinski definition) is 1. The number of allylic oxidation sites excluding steroid dienone is 2. The van der Waals surface area contributed by atoms with Crippen molar-refractivity contribution in [2.45, 2.75) is 45.4 Å². The Labute approximate surface area is 174 Å². The Morgan fingerprint density at radius 2 is 1.72 bits per heavy atom. The van der Waals surface area contributed by atoms with Crippen molar-refractivity contribution in [2.75, 3.05) is 0 Å². The minimum atomic E-state index is -1.08. The molecule has 154 valence electrons. The average Bonchev–Trinajstić information content (AvgIpc) is 2.97. The van der Waals surface area contributed by atoms with Crippen molar-refractivity contribution in [3.05, 3.63) is 47.0 Å². The normalized spacial score (nSPS) is 22.8. The highest BCUT2D eigenvalue weighted by Crippen LogP contribution is 2.36. The molecule has 1 fully saturated rings. The molecule has 1 heterocycles. The lowest BCUT2D eigenvalue weighted by molar-refractivity contribution is -0.164. The lowest BCUT2D eigenvalue weighted by Crippen LogP contribution is -2.46. The third-order valence-electron chi connectivity index (χ3n) is 5.34. The van der Waals surface area contributed by atoms with E-state index in [1.165, 1.54) is 13.8 Å². The fourth-order valence-electron chi connectivity index (χ4n) is 3.61. The van der Waals surface area contributed by atoms with Crippen LogP contribution in [0.1, 0.15) is 32.3 Å². The highest BCUT2D eigenvalue weighted by molar-refractivity contribution is 6.31. The van der Waals surface area contributed by atoms with E-state index in [0.717, 1.165) is 10.5 Å². The summed E-state index contributed by atoms with van der Waals surface area (Å²) in [6.45, 7) is 3.07. The number of esters is 1. The molecule has 0 saturated carbocycles. The molecule has 1 aliphatic heterocycles. The van der Waals surface area contributed by atoms with Crippen LogP contribution in [0.2, 0.25) is 5.02 Å². The molecule has 1 aromatic carbocycles. The van der Waals surface area contributed by atoms with Gasteiger partial charge in [0.2, 0.25) is 11.8 Å². The maximum atomic E-state index is 12.6. The summed E-state index contributed by atoms with van der Waals surface area (Å²) in [7, 11) is 0. The summed E-state index contributed by atoms with van der Waals surface area (Å²) in [5.74, 6) is -2.84. The first kappa shape index (κ1) is 21.0. The van der Waals surface area contributed by atoms with Gasteiger partial charge in [-0.2, -0.15) is 0 Å². The monoisotopic (exact) mass is 418 g/mol. The van der Waals surface area contributed by atoms with Crippen LogP contribution in [0.15, 0.2) is 36.4 Å². The molecule has 1 saturated heterocycles. The third-order valence-corrected chi connectivity index (χ3v) is 5.71. The zero-order valence-corrected chi connectivity index (χ0v) is 17.0. The number of halogens is 1. The molecule has 0 aromatic heterocycles. The summed E-state index contributed by atoms with van der Waals surface area (Å²) in [4.78, 5) is 50.9. The van der Waals surface area contributed by atoms with Crippen molar-refractivity contribution in [2.24, 2.45) is 11.8 Å². The lowest BCUT2D eigenvalue weighted by atomic mass is 9.85. The first-order valence-electron chi connectivity index (χ1n) is 9.54. The van der Waals surface area contributed by atoms with Gasteiger partial charge in [0.15, 0.2) is 6.10 Å². The summed E-state index contributed by atoms with van der Waals surface area (Å²) in [5.41, 5.74) is 0.735. The van der Waals surface area contributed by atoms with Crippen molar-refractivity contribution in [3.63, 3.8) is 0 Å². The Morgan fingerprint density at radius 3 is 2.31 bits per heavy atom. The number of imide groups is 1. The molecule has 29 heavy (non-hydrogen) atoms. The van der Waals surface area contributed by atoms with Crippen molar-refractivity contribution in [1.82, 2.24) is 10.2 Å². The van der Waals surface area contributed by atoms with Crippen LogP contribution in [-0.4, -0.2) is 40.7 Å². The SMILES string of the molecule is C[C@H](OC(=O)[C@H](C)N1C(=O)[C@H]2CC=CC[C@@H]2C1=O)C(=O)NCc1ccccc1Cl. The zero-order valence-electron chi connectivity index (χ0n) is 16.3. The number of fused-ring (bicyclic) bond motifs is 1. The molecular weight excluding hydrogens is 396 g/mol. The number of hydrogen-bond acceptors (Lipinski definition) is 5. The van der Waals surface area contributed by atoms with Crippen molar-refractivity contribution >= 4 is 35.3 Å². The van der Waals surface area contributed by atoms with Crippen molar-refractivity contribution in [3.8, 4) is 0 Å². The summed E-state index contributed by atoms with van der Waals surface area (Å²) < 4.78 is 5.21. The molecular formula is C21H23ClN2O5. The summed E-state index contributed by atoms with van der Waals surface area (Å²) in [5, 5.41) is 3.18. The molecule has 0 unspecified atom stereocenters. The first-order valence-corrected chi connectivity index (χ1v) is 9.92. The topological polar surface area (TPSA) is 92.8 Å². The van der Waals surface area contributed by atoms with E-state index in [1.807, 2.05) is 12.2 Å². The highest BCUT2D eigenvalue weighted by atomic mass is 35.5. The molecule has 1 aliphatic carbocycles. The van der Waals surface area contributed by atoms with E-state index in [9.17, 15) is 19.2 Å². The minimum Gasteiger partial charge on any atom is -0.451 e. The number of carbonyl (C=O) groups is 4. The van der Waals surface area contributed by atoms with Gasteiger partial charge in [-0.3, -0.25) is 19.3 Å². The van der Waals surface area contributed by atoms with Crippen LogP contribution < -0.4 is 5.32 Å². The van der Waals surface area contributed by atoms with Crippen LogP contribution >= 0.6 is 11.6 Å². The second-order valence-corrected chi connectivity index (χ2v) is 7.67. The molecule has 1 N–H and O–H groups in total. The van der Waals surface area contributed by atoms with Gasteiger partial charge in [0.1, 0.15) is 6.04 Å². The number of nitrogens with zero attached hydrogens (tertiary/aromatic N) is 1. The van der Waals surface area contributed by atoms with Crippen LogP contribution in [0.4, 0.5) is 0 Å². The number of benzene rings is 1. The Bertz CT molecular complexity index is 842. The molecule has 7 nitrogen and oxygen atoms in total. The average molecular weight is 419 g/mol. The van der Waals surface area contributed by atoms with Crippen LogP contribution in [0, 0.1) is 11.8 Å². The number of nitrogens with one attached hydrogen (secondary N) is 1. The highest BCUT2D eigenvalue weighted by Gasteiger charge is 2.50. The molecule has 2 aliphatic rings. The fourth-order valence-corrected chi connectivity index (χ4v) is 3.81. The third kappa shape index (κ3) is 4.34. The number of amides is 3. The van der Waals surface area contributed by atoms with Gasteiger partial charge in [0.25, 0.3) is 5.91 Å². The smallest absolute Gasteiger partial charge is 0.329 e. The van der Waals surface area contributed by atoms with Gasteiger partial charge in [-0.05, 0) is 38.3 Å². The van der Waals surface area contributed by atoms with E-state index >= 15 is 0 Å². The van der Waals surface area contributed by atoms with Gasteiger partial charge in [-0.15, -0.1) is 0 Å². The largest absolute Gasteiger partial charge is 0.451 e. The number of likely N-dealkylation sites (tertiary alicyclic amines) is 1.